The molecule has 3 N–H and O–H groups in total. The normalized spacial score (nSPS) is 9.69. The number of nitrogens with one attached hydrogen (secondary N) is 2. The Bertz CT molecular complexity index is 284. The van der Waals surface area contributed by atoms with Gasteiger partial charge in [-0.15, -0.1) is 0 Å². The largest absolute Gasteiger partial charge is 0.395 e. The van der Waals surface area contributed by atoms with Gasteiger partial charge in [0.1, 0.15) is 0 Å². The summed E-state index contributed by atoms with van der Waals surface area (Å²) >= 11 is 0. The minimum absolute atomic E-state index is 0.0944. The van der Waals surface area contributed by atoms with Crippen LogP contribution in [0.1, 0.15) is 5.69 Å². The van der Waals surface area contributed by atoms with E-state index < -0.39 is 6.03 Å². The van der Waals surface area contributed by atoms with Crippen molar-refractivity contribution in [3.8, 4) is 0 Å². The Morgan fingerprint density at radius 2 is 2.54 bits per heavy atom. The van der Waals surface area contributed by atoms with Crippen LogP contribution in [0.15, 0.2) is 10.6 Å². The summed E-state index contributed by atoms with van der Waals surface area (Å²) in [6.07, 6.45) is 0. The Hall–Kier alpha value is -1.56. The molecule has 6 nitrogen and oxygen atoms in total. The lowest BCUT2D eigenvalue weighted by molar-refractivity contribution is 0.244. The van der Waals surface area contributed by atoms with Crippen LogP contribution in [0.5, 0.6) is 0 Å². The van der Waals surface area contributed by atoms with Gasteiger partial charge in [0, 0.05) is 12.6 Å². The van der Waals surface area contributed by atoms with E-state index in [1.807, 2.05) is 0 Å². The lowest BCUT2D eigenvalue weighted by Gasteiger charge is -2.01. The van der Waals surface area contributed by atoms with Crippen LogP contribution in [0.4, 0.5) is 10.7 Å². The number of hydrogen-bond acceptors (Lipinski definition) is 4. The highest BCUT2D eigenvalue weighted by atomic mass is 16.5. The first-order valence-electron chi connectivity index (χ1n) is 3.81. The lowest BCUT2D eigenvalue weighted by atomic mass is 10.5. The van der Waals surface area contributed by atoms with Gasteiger partial charge >= 0.3 is 6.03 Å². The molecule has 72 valence electrons. The number of carbonyl (C=O) groups is 1. The monoisotopic (exact) mass is 185 g/mol. The maximum absolute atomic E-state index is 11.0. The number of aliphatic hydroxyl groups excluding tert-OH is 1. The molecule has 0 atom stereocenters. The fourth-order valence-electron chi connectivity index (χ4n) is 0.748. The van der Waals surface area contributed by atoms with Crippen LogP contribution < -0.4 is 10.6 Å². The van der Waals surface area contributed by atoms with Gasteiger partial charge in [-0.05, 0) is 6.92 Å². The Morgan fingerprint density at radius 1 is 1.77 bits per heavy atom. The van der Waals surface area contributed by atoms with Gasteiger partial charge in [-0.2, -0.15) is 0 Å². The summed E-state index contributed by atoms with van der Waals surface area (Å²) in [6.45, 7) is 1.86. The second kappa shape index (κ2) is 4.46. The van der Waals surface area contributed by atoms with Crippen LogP contribution >= 0.6 is 0 Å². The van der Waals surface area contributed by atoms with E-state index in [1.54, 1.807) is 13.0 Å². The number of hydrogen-bond donors (Lipinski definition) is 3. The molecule has 0 aliphatic rings. The van der Waals surface area contributed by atoms with E-state index >= 15 is 0 Å². The molecule has 0 aliphatic heterocycles. The zero-order valence-electron chi connectivity index (χ0n) is 7.20. The summed E-state index contributed by atoms with van der Waals surface area (Å²) in [5.41, 5.74) is 0.692. The highest BCUT2D eigenvalue weighted by molar-refractivity contribution is 5.87. The molecule has 0 saturated carbocycles. The summed E-state index contributed by atoms with van der Waals surface area (Å²) in [5, 5.41) is 16.8. The van der Waals surface area contributed by atoms with Crippen LogP contribution in [0.2, 0.25) is 0 Å². The molecule has 1 aromatic rings. The number of anilines is 1. The molecule has 0 aliphatic carbocycles. The van der Waals surface area contributed by atoms with Crippen molar-refractivity contribution in [2.45, 2.75) is 6.92 Å². The van der Waals surface area contributed by atoms with Crippen LogP contribution in [0, 0.1) is 6.92 Å². The molecular formula is C7H11N3O3. The van der Waals surface area contributed by atoms with Crippen molar-refractivity contribution >= 4 is 11.9 Å². The van der Waals surface area contributed by atoms with Gasteiger partial charge < -0.3 is 14.9 Å². The van der Waals surface area contributed by atoms with Gasteiger partial charge in [-0.25, -0.2) is 4.79 Å². The summed E-state index contributed by atoms with van der Waals surface area (Å²) in [6, 6.07) is 1.17. The standard InChI is InChI=1S/C7H11N3O3/c1-5-4-6(13-10-5)9-7(12)8-2-3-11/h4,11H,2-3H2,1H3,(H2,8,9,12). The second-order valence-electron chi connectivity index (χ2n) is 2.44. The summed E-state index contributed by atoms with van der Waals surface area (Å²) in [7, 11) is 0. The van der Waals surface area contributed by atoms with Crippen LogP contribution in [-0.2, 0) is 0 Å². The van der Waals surface area contributed by atoms with Crippen molar-refractivity contribution in [3.05, 3.63) is 11.8 Å². The fraction of sp³-hybridized carbons (Fsp3) is 0.429. The van der Waals surface area contributed by atoms with Gasteiger partial charge in [0.2, 0.25) is 5.88 Å². The molecule has 0 saturated heterocycles. The minimum atomic E-state index is -0.426. The maximum Gasteiger partial charge on any atom is 0.321 e. The highest BCUT2D eigenvalue weighted by Crippen LogP contribution is 2.07. The van der Waals surface area contributed by atoms with E-state index in [1.165, 1.54) is 0 Å². The van der Waals surface area contributed by atoms with Crippen LogP contribution in [0.25, 0.3) is 0 Å². The van der Waals surface area contributed by atoms with E-state index in [0.29, 0.717) is 5.69 Å². The molecule has 0 spiro atoms. The number of aromatic nitrogens is 1. The maximum atomic E-state index is 11.0. The first-order chi connectivity index (χ1) is 6.22. The van der Waals surface area contributed by atoms with E-state index in [4.69, 9.17) is 9.63 Å². The molecule has 0 radical (unpaired) electrons. The number of nitrogens with zero attached hydrogens (tertiary/aromatic N) is 1. The molecule has 1 heterocycles. The smallest absolute Gasteiger partial charge is 0.321 e. The number of carbonyl (C=O) groups excluding carboxylic acids is 1. The lowest BCUT2D eigenvalue weighted by Crippen LogP contribution is -2.30. The molecule has 2 amide bonds. The topological polar surface area (TPSA) is 87.4 Å². The quantitative estimate of drug-likeness (QED) is 0.623. The zero-order valence-corrected chi connectivity index (χ0v) is 7.20. The Kier molecular flexibility index (Phi) is 3.27. The van der Waals surface area contributed by atoms with Crippen molar-refractivity contribution in [1.82, 2.24) is 10.5 Å². The Labute approximate surface area is 74.9 Å². The van der Waals surface area contributed by atoms with Crippen LogP contribution in [0.3, 0.4) is 0 Å². The van der Waals surface area contributed by atoms with Crippen molar-refractivity contribution in [2.75, 3.05) is 18.5 Å². The van der Waals surface area contributed by atoms with Crippen molar-refractivity contribution < 1.29 is 14.4 Å². The number of urea groups is 1. The minimum Gasteiger partial charge on any atom is -0.395 e. The predicted octanol–water partition coefficient (Wildman–Crippen LogP) is 0.0968. The molecule has 13 heavy (non-hydrogen) atoms. The third-order valence-corrected chi connectivity index (χ3v) is 1.26. The third-order valence-electron chi connectivity index (χ3n) is 1.26. The SMILES string of the molecule is Cc1cc(NC(=O)NCCO)on1. The molecule has 0 aromatic carbocycles. The summed E-state index contributed by atoms with van der Waals surface area (Å²) < 4.78 is 4.73. The predicted molar refractivity (Wildman–Crippen MR) is 45.3 cm³/mol. The molecule has 0 unspecified atom stereocenters. The van der Waals surface area contributed by atoms with Crippen molar-refractivity contribution in [3.63, 3.8) is 0 Å². The van der Waals surface area contributed by atoms with Crippen molar-refractivity contribution in [1.29, 1.82) is 0 Å². The van der Waals surface area contributed by atoms with Gasteiger partial charge in [0.25, 0.3) is 0 Å². The Balaban J connectivity index is 2.36. The number of amides is 2. The van der Waals surface area contributed by atoms with E-state index in [-0.39, 0.29) is 19.0 Å². The van der Waals surface area contributed by atoms with Crippen molar-refractivity contribution in [2.24, 2.45) is 0 Å². The molecular weight excluding hydrogens is 174 g/mol. The number of aryl methyl sites for hydroxylation is 1. The average Bonchev–Trinajstić information content (AvgIpc) is 2.48. The van der Waals surface area contributed by atoms with E-state index in [2.05, 4.69) is 15.8 Å². The van der Waals surface area contributed by atoms with Gasteiger partial charge in [0.05, 0.1) is 12.3 Å². The first-order valence-corrected chi connectivity index (χ1v) is 3.81. The third kappa shape index (κ3) is 3.12. The summed E-state index contributed by atoms with van der Waals surface area (Å²) in [4.78, 5) is 11.0. The van der Waals surface area contributed by atoms with Gasteiger partial charge in [0.15, 0.2) is 0 Å². The Morgan fingerprint density at radius 3 is 3.08 bits per heavy atom. The number of rotatable bonds is 3. The summed E-state index contributed by atoms with van der Waals surface area (Å²) in [5.74, 6) is 0.285. The molecule has 1 rings (SSSR count). The molecule has 0 fully saturated rings. The molecule has 6 heteroatoms. The number of aliphatic hydroxyl groups is 1. The fourth-order valence-corrected chi connectivity index (χ4v) is 0.748. The highest BCUT2D eigenvalue weighted by Gasteiger charge is 2.04. The second-order valence-corrected chi connectivity index (χ2v) is 2.44. The first kappa shape index (κ1) is 9.53. The average molecular weight is 185 g/mol. The molecule has 0 bridgehead atoms. The van der Waals surface area contributed by atoms with Gasteiger partial charge in [-0.1, -0.05) is 5.16 Å². The van der Waals surface area contributed by atoms with Crippen LogP contribution in [-0.4, -0.2) is 29.4 Å². The van der Waals surface area contributed by atoms with Gasteiger partial charge in [-0.3, -0.25) is 5.32 Å². The zero-order chi connectivity index (χ0) is 9.68. The molecule has 1 aromatic heterocycles. The van der Waals surface area contributed by atoms with E-state index in [0.717, 1.165) is 0 Å². The van der Waals surface area contributed by atoms with E-state index in [9.17, 15) is 4.79 Å².